The maximum absolute atomic E-state index is 14.0. The topological polar surface area (TPSA) is 76.4 Å². The third-order valence-corrected chi connectivity index (χ3v) is 2.37. The Hall–Kier alpha value is -2.37. The van der Waals surface area contributed by atoms with E-state index >= 15 is 0 Å². The van der Waals surface area contributed by atoms with Crippen molar-refractivity contribution in [2.75, 3.05) is 0 Å². The fourth-order valence-corrected chi connectivity index (χ4v) is 1.53. The van der Waals surface area contributed by atoms with Gasteiger partial charge in [-0.2, -0.15) is 0 Å². The Balaban J connectivity index is 2.36. The van der Waals surface area contributed by atoms with Gasteiger partial charge in [0.25, 0.3) is 0 Å². The number of nitrogens with zero attached hydrogens (tertiary/aromatic N) is 3. The molecular weight excluding hydrogens is 223 g/mol. The van der Waals surface area contributed by atoms with E-state index in [0.717, 1.165) is 0 Å². The summed E-state index contributed by atoms with van der Waals surface area (Å²) in [6, 6.07) is 4.76. The van der Waals surface area contributed by atoms with Gasteiger partial charge in [0.1, 0.15) is 5.82 Å². The van der Waals surface area contributed by atoms with Crippen molar-refractivity contribution in [1.82, 2.24) is 9.55 Å². The molecule has 88 valence electrons. The predicted octanol–water partition coefficient (Wildman–Crippen LogP) is 1.17. The van der Waals surface area contributed by atoms with Crippen molar-refractivity contribution in [3.05, 3.63) is 53.9 Å². The summed E-state index contributed by atoms with van der Waals surface area (Å²) in [4.78, 5) is 3.87. The van der Waals surface area contributed by atoms with Crippen LogP contribution in [0.2, 0.25) is 0 Å². The minimum absolute atomic E-state index is 0.0881. The molecule has 0 aliphatic heterocycles. The standard InChI is InChI=1S/C11H11FN4O/c12-10-8(6-16-5-4-14-7-16)2-1-3-9(10)11(13)15-17/h1-5,7,17H,6H2,(H2,13,15). The summed E-state index contributed by atoms with van der Waals surface area (Å²) in [6.07, 6.45) is 4.94. The lowest BCUT2D eigenvalue weighted by molar-refractivity contribution is 0.318. The first-order chi connectivity index (χ1) is 8.22. The van der Waals surface area contributed by atoms with Crippen molar-refractivity contribution in [3.63, 3.8) is 0 Å². The summed E-state index contributed by atoms with van der Waals surface area (Å²) in [5.74, 6) is -0.730. The number of nitrogens with two attached hydrogens (primary N) is 1. The molecule has 2 aromatic rings. The van der Waals surface area contributed by atoms with Crippen molar-refractivity contribution in [1.29, 1.82) is 0 Å². The number of benzene rings is 1. The number of oxime groups is 1. The fourth-order valence-electron chi connectivity index (χ4n) is 1.53. The van der Waals surface area contributed by atoms with E-state index in [-0.39, 0.29) is 11.4 Å². The van der Waals surface area contributed by atoms with Gasteiger partial charge in [0.2, 0.25) is 0 Å². The van der Waals surface area contributed by atoms with Gasteiger partial charge in [-0.15, -0.1) is 0 Å². The Morgan fingerprint density at radius 3 is 3.00 bits per heavy atom. The molecule has 0 radical (unpaired) electrons. The summed E-state index contributed by atoms with van der Waals surface area (Å²) in [7, 11) is 0. The van der Waals surface area contributed by atoms with E-state index in [0.29, 0.717) is 12.1 Å². The van der Waals surface area contributed by atoms with Crippen LogP contribution in [0.1, 0.15) is 11.1 Å². The molecule has 0 atom stereocenters. The normalized spacial score (nSPS) is 11.7. The molecule has 0 aliphatic carbocycles. The summed E-state index contributed by atoms with van der Waals surface area (Å²) < 4.78 is 15.7. The molecule has 2 rings (SSSR count). The van der Waals surface area contributed by atoms with Gasteiger partial charge in [0.05, 0.1) is 18.4 Å². The Morgan fingerprint density at radius 1 is 1.53 bits per heavy atom. The van der Waals surface area contributed by atoms with Gasteiger partial charge >= 0.3 is 0 Å². The molecule has 3 N–H and O–H groups in total. The third kappa shape index (κ3) is 2.25. The average molecular weight is 234 g/mol. The Morgan fingerprint density at radius 2 is 2.35 bits per heavy atom. The van der Waals surface area contributed by atoms with E-state index in [1.807, 2.05) is 0 Å². The van der Waals surface area contributed by atoms with Crippen molar-refractivity contribution < 1.29 is 9.60 Å². The number of aromatic nitrogens is 2. The van der Waals surface area contributed by atoms with E-state index in [4.69, 9.17) is 10.9 Å². The molecule has 0 aliphatic rings. The Kier molecular flexibility index (Phi) is 3.04. The first-order valence-corrected chi connectivity index (χ1v) is 4.93. The van der Waals surface area contributed by atoms with Crippen LogP contribution in [0.25, 0.3) is 0 Å². The van der Waals surface area contributed by atoms with Crippen LogP contribution in [0, 0.1) is 5.82 Å². The molecule has 17 heavy (non-hydrogen) atoms. The van der Waals surface area contributed by atoms with Crippen LogP contribution < -0.4 is 5.73 Å². The highest BCUT2D eigenvalue weighted by molar-refractivity contribution is 5.97. The summed E-state index contributed by atoms with van der Waals surface area (Å²) in [5, 5.41) is 11.3. The zero-order valence-corrected chi connectivity index (χ0v) is 8.92. The minimum Gasteiger partial charge on any atom is -0.409 e. The molecule has 0 saturated carbocycles. The van der Waals surface area contributed by atoms with Crippen molar-refractivity contribution in [2.24, 2.45) is 10.9 Å². The van der Waals surface area contributed by atoms with Crippen LogP contribution >= 0.6 is 0 Å². The summed E-state index contributed by atoms with van der Waals surface area (Å²) >= 11 is 0. The smallest absolute Gasteiger partial charge is 0.173 e. The largest absolute Gasteiger partial charge is 0.409 e. The average Bonchev–Trinajstić information content (AvgIpc) is 2.84. The molecule has 6 heteroatoms. The highest BCUT2D eigenvalue weighted by Crippen LogP contribution is 2.14. The zero-order chi connectivity index (χ0) is 12.3. The van der Waals surface area contributed by atoms with E-state index in [1.165, 1.54) is 6.07 Å². The molecule has 0 amide bonds. The van der Waals surface area contributed by atoms with Crippen LogP contribution in [0.4, 0.5) is 4.39 Å². The van der Waals surface area contributed by atoms with Crippen LogP contribution in [0.3, 0.4) is 0 Å². The second-order valence-electron chi connectivity index (χ2n) is 3.50. The quantitative estimate of drug-likeness (QED) is 0.362. The summed E-state index contributed by atoms with van der Waals surface area (Å²) in [6.45, 7) is 0.346. The Bertz CT molecular complexity index is 536. The second kappa shape index (κ2) is 4.65. The summed E-state index contributed by atoms with van der Waals surface area (Å²) in [5.41, 5.74) is 5.92. The highest BCUT2D eigenvalue weighted by atomic mass is 19.1. The number of halogens is 1. The van der Waals surface area contributed by atoms with Crippen LogP contribution in [-0.2, 0) is 6.54 Å². The number of amidine groups is 1. The molecule has 0 saturated heterocycles. The number of imidazole rings is 1. The molecule has 1 heterocycles. The highest BCUT2D eigenvalue weighted by Gasteiger charge is 2.11. The van der Waals surface area contributed by atoms with Gasteiger partial charge < -0.3 is 15.5 Å². The maximum Gasteiger partial charge on any atom is 0.173 e. The van der Waals surface area contributed by atoms with Crippen molar-refractivity contribution >= 4 is 5.84 Å². The molecule has 5 nitrogen and oxygen atoms in total. The van der Waals surface area contributed by atoms with E-state index in [2.05, 4.69) is 10.1 Å². The van der Waals surface area contributed by atoms with Crippen molar-refractivity contribution in [3.8, 4) is 0 Å². The van der Waals surface area contributed by atoms with E-state index in [9.17, 15) is 4.39 Å². The first kappa shape index (κ1) is 11.1. The van der Waals surface area contributed by atoms with Crippen LogP contribution in [-0.4, -0.2) is 20.6 Å². The first-order valence-electron chi connectivity index (χ1n) is 4.93. The van der Waals surface area contributed by atoms with E-state index < -0.39 is 5.82 Å². The minimum atomic E-state index is -0.489. The molecule has 0 spiro atoms. The SMILES string of the molecule is N/C(=N/O)c1cccc(Cn2ccnc2)c1F. The monoisotopic (exact) mass is 234 g/mol. The predicted molar refractivity (Wildman–Crippen MR) is 60.2 cm³/mol. The molecule has 0 unspecified atom stereocenters. The number of rotatable bonds is 3. The number of hydrogen-bond acceptors (Lipinski definition) is 3. The fraction of sp³-hybridized carbons (Fsp3) is 0.0909. The molecule has 0 bridgehead atoms. The molecule has 1 aromatic carbocycles. The van der Waals surface area contributed by atoms with Gasteiger partial charge in [-0.3, -0.25) is 0 Å². The Labute approximate surface area is 97.0 Å². The third-order valence-electron chi connectivity index (χ3n) is 2.37. The molecular formula is C11H11FN4O. The van der Waals surface area contributed by atoms with Gasteiger partial charge in [0.15, 0.2) is 5.84 Å². The van der Waals surface area contributed by atoms with Gasteiger partial charge in [-0.25, -0.2) is 9.37 Å². The number of hydrogen-bond donors (Lipinski definition) is 2. The lowest BCUT2D eigenvalue weighted by Crippen LogP contribution is -2.16. The van der Waals surface area contributed by atoms with Crippen LogP contribution in [0.15, 0.2) is 42.1 Å². The molecule has 0 fully saturated rings. The van der Waals surface area contributed by atoms with Crippen LogP contribution in [0.5, 0.6) is 0 Å². The van der Waals surface area contributed by atoms with E-state index in [1.54, 1.807) is 35.4 Å². The maximum atomic E-state index is 14.0. The van der Waals surface area contributed by atoms with Gasteiger partial charge in [-0.05, 0) is 6.07 Å². The van der Waals surface area contributed by atoms with Crippen molar-refractivity contribution in [2.45, 2.75) is 6.54 Å². The molecule has 1 aromatic heterocycles. The van der Waals surface area contributed by atoms with Gasteiger partial charge in [-0.1, -0.05) is 17.3 Å². The lowest BCUT2D eigenvalue weighted by Gasteiger charge is -2.07. The lowest BCUT2D eigenvalue weighted by atomic mass is 10.1. The second-order valence-corrected chi connectivity index (χ2v) is 3.50. The van der Waals surface area contributed by atoms with Gasteiger partial charge in [0, 0.05) is 18.0 Å². The zero-order valence-electron chi connectivity index (χ0n) is 8.92.